The fourth-order valence-corrected chi connectivity index (χ4v) is 2.65. The van der Waals surface area contributed by atoms with Gasteiger partial charge in [0.05, 0.1) is 6.04 Å². The second-order valence-corrected chi connectivity index (χ2v) is 6.32. The molecular weight excluding hydrogens is 345 g/mol. The largest absolute Gasteiger partial charge is 0.491 e. The molecule has 2 rings (SSSR count). The highest BCUT2D eigenvalue weighted by atomic mass is 127. The minimum Gasteiger partial charge on any atom is -0.491 e. The summed E-state index contributed by atoms with van der Waals surface area (Å²) in [7, 11) is 0. The average Bonchev–Trinajstić information content (AvgIpc) is 2.59. The Labute approximate surface area is 120 Å². The third kappa shape index (κ3) is 3.07. The lowest BCUT2D eigenvalue weighted by molar-refractivity contribution is 0.0496. The number of hydrogen-bond acceptors (Lipinski definition) is 3. The van der Waals surface area contributed by atoms with Crippen molar-refractivity contribution in [2.45, 2.75) is 32.4 Å². The summed E-state index contributed by atoms with van der Waals surface area (Å²) < 4.78 is 11.9. The van der Waals surface area contributed by atoms with Gasteiger partial charge in [-0.1, -0.05) is 6.07 Å². The molecule has 0 spiro atoms. The van der Waals surface area contributed by atoms with E-state index < -0.39 is 11.7 Å². The number of nitrogens with one attached hydrogen (secondary N) is 1. The maximum atomic E-state index is 11.7. The van der Waals surface area contributed by atoms with Crippen LogP contribution in [0.5, 0.6) is 5.75 Å². The summed E-state index contributed by atoms with van der Waals surface area (Å²) in [6.45, 7) is 5.98. The van der Waals surface area contributed by atoms with E-state index in [-0.39, 0.29) is 6.04 Å². The Morgan fingerprint density at radius 3 is 2.89 bits per heavy atom. The summed E-state index contributed by atoms with van der Waals surface area (Å²) in [5.41, 5.74) is 0.542. The molecule has 0 bridgehead atoms. The zero-order valence-corrected chi connectivity index (χ0v) is 12.8. The van der Waals surface area contributed by atoms with Crippen molar-refractivity contribution in [2.24, 2.45) is 0 Å². The fraction of sp³-hybridized carbons (Fsp3) is 0.462. The Morgan fingerprint density at radius 2 is 2.22 bits per heavy atom. The van der Waals surface area contributed by atoms with Gasteiger partial charge in [0.15, 0.2) is 0 Å². The standard InChI is InChI=1S/C13H16INO3/c1-13(2,3)18-12(16)15-9-7-17-10-6-4-5-8(14)11(9)10/h4-6,9H,7H2,1-3H3,(H,15,16)/t9-/m0/s1. The highest BCUT2D eigenvalue weighted by Crippen LogP contribution is 2.35. The van der Waals surface area contributed by atoms with E-state index in [1.807, 2.05) is 39.0 Å². The predicted molar refractivity (Wildman–Crippen MR) is 76.8 cm³/mol. The highest BCUT2D eigenvalue weighted by Gasteiger charge is 2.29. The van der Waals surface area contributed by atoms with Crippen molar-refractivity contribution in [3.8, 4) is 5.75 Å². The molecule has 98 valence electrons. The number of benzene rings is 1. The second kappa shape index (κ2) is 4.95. The molecule has 0 unspecified atom stereocenters. The van der Waals surface area contributed by atoms with E-state index in [4.69, 9.17) is 9.47 Å². The molecule has 0 saturated carbocycles. The monoisotopic (exact) mass is 361 g/mol. The molecule has 0 radical (unpaired) electrons. The van der Waals surface area contributed by atoms with E-state index >= 15 is 0 Å². The number of rotatable bonds is 1. The number of carbonyl (C=O) groups excluding carboxylic acids is 1. The molecule has 0 saturated heterocycles. The smallest absolute Gasteiger partial charge is 0.408 e. The molecule has 1 aliphatic rings. The first-order chi connectivity index (χ1) is 8.37. The molecule has 0 aromatic heterocycles. The van der Waals surface area contributed by atoms with E-state index in [2.05, 4.69) is 27.9 Å². The van der Waals surface area contributed by atoms with Crippen LogP contribution in [-0.4, -0.2) is 18.3 Å². The molecule has 1 aromatic carbocycles. The number of ether oxygens (including phenoxy) is 2. The van der Waals surface area contributed by atoms with Gasteiger partial charge in [-0.3, -0.25) is 0 Å². The van der Waals surface area contributed by atoms with Crippen LogP contribution in [0.15, 0.2) is 18.2 Å². The van der Waals surface area contributed by atoms with Crippen molar-refractivity contribution < 1.29 is 14.3 Å². The maximum Gasteiger partial charge on any atom is 0.408 e. The second-order valence-electron chi connectivity index (χ2n) is 5.16. The van der Waals surface area contributed by atoms with Crippen LogP contribution in [0.25, 0.3) is 0 Å². The van der Waals surface area contributed by atoms with Crippen LogP contribution < -0.4 is 10.1 Å². The Hall–Kier alpha value is -0.980. The molecule has 1 aliphatic heterocycles. The summed E-state index contributed by atoms with van der Waals surface area (Å²) in [5, 5.41) is 2.84. The minimum atomic E-state index is -0.490. The molecule has 1 atom stereocenters. The topological polar surface area (TPSA) is 47.6 Å². The molecule has 1 heterocycles. The minimum absolute atomic E-state index is 0.136. The number of carbonyl (C=O) groups is 1. The Balaban J connectivity index is 2.08. The van der Waals surface area contributed by atoms with Crippen LogP contribution in [0.1, 0.15) is 32.4 Å². The average molecular weight is 361 g/mol. The molecule has 0 fully saturated rings. The van der Waals surface area contributed by atoms with Crippen molar-refractivity contribution in [1.29, 1.82) is 0 Å². The van der Waals surface area contributed by atoms with Gasteiger partial charge < -0.3 is 14.8 Å². The van der Waals surface area contributed by atoms with Crippen molar-refractivity contribution in [1.82, 2.24) is 5.32 Å². The fourth-order valence-electron chi connectivity index (χ4n) is 1.80. The van der Waals surface area contributed by atoms with Gasteiger partial charge in [-0.2, -0.15) is 0 Å². The molecule has 1 aromatic rings. The van der Waals surface area contributed by atoms with Crippen LogP contribution in [-0.2, 0) is 4.74 Å². The highest BCUT2D eigenvalue weighted by molar-refractivity contribution is 14.1. The van der Waals surface area contributed by atoms with Gasteiger partial charge in [0, 0.05) is 9.13 Å². The van der Waals surface area contributed by atoms with Gasteiger partial charge in [0.25, 0.3) is 0 Å². The first kappa shape index (κ1) is 13.5. The van der Waals surface area contributed by atoms with Gasteiger partial charge in [-0.15, -0.1) is 0 Å². The summed E-state index contributed by atoms with van der Waals surface area (Å²) >= 11 is 2.24. The van der Waals surface area contributed by atoms with Crippen molar-refractivity contribution in [3.63, 3.8) is 0 Å². The third-order valence-corrected chi connectivity index (χ3v) is 3.40. The van der Waals surface area contributed by atoms with Crippen molar-refractivity contribution >= 4 is 28.7 Å². The summed E-state index contributed by atoms with van der Waals surface area (Å²) in [6, 6.07) is 5.71. The van der Waals surface area contributed by atoms with E-state index in [0.29, 0.717) is 6.61 Å². The first-order valence-electron chi connectivity index (χ1n) is 5.77. The van der Waals surface area contributed by atoms with Gasteiger partial charge in [0.1, 0.15) is 18.0 Å². The van der Waals surface area contributed by atoms with Gasteiger partial charge in [-0.05, 0) is 55.5 Å². The first-order valence-corrected chi connectivity index (χ1v) is 6.85. The molecule has 1 N–H and O–H groups in total. The van der Waals surface area contributed by atoms with E-state index in [1.165, 1.54) is 0 Å². The van der Waals surface area contributed by atoms with Crippen LogP contribution in [0.2, 0.25) is 0 Å². The lowest BCUT2D eigenvalue weighted by atomic mass is 10.1. The van der Waals surface area contributed by atoms with Gasteiger partial charge >= 0.3 is 6.09 Å². The Kier molecular flexibility index (Phi) is 3.70. The molecule has 5 heteroatoms. The number of fused-ring (bicyclic) bond motifs is 1. The number of amides is 1. The van der Waals surface area contributed by atoms with Crippen molar-refractivity contribution in [3.05, 3.63) is 27.3 Å². The zero-order chi connectivity index (χ0) is 13.3. The summed E-state index contributed by atoms with van der Waals surface area (Å²) in [6.07, 6.45) is -0.413. The van der Waals surface area contributed by atoms with Crippen molar-refractivity contribution in [2.75, 3.05) is 6.61 Å². The predicted octanol–water partition coefficient (Wildman–Crippen LogP) is 3.25. The van der Waals surface area contributed by atoms with Crippen LogP contribution in [0, 0.1) is 3.57 Å². The molecule has 0 aliphatic carbocycles. The third-order valence-electron chi connectivity index (χ3n) is 2.46. The van der Waals surface area contributed by atoms with Crippen LogP contribution in [0.4, 0.5) is 4.79 Å². The zero-order valence-electron chi connectivity index (χ0n) is 10.6. The van der Waals surface area contributed by atoms with Gasteiger partial charge in [-0.25, -0.2) is 4.79 Å². The lowest BCUT2D eigenvalue weighted by Crippen LogP contribution is -2.35. The maximum absolute atomic E-state index is 11.7. The summed E-state index contributed by atoms with van der Waals surface area (Å²) in [4.78, 5) is 11.7. The lowest BCUT2D eigenvalue weighted by Gasteiger charge is -2.21. The quantitative estimate of drug-likeness (QED) is 0.782. The van der Waals surface area contributed by atoms with Crippen LogP contribution in [0.3, 0.4) is 0 Å². The van der Waals surface area contributed by atoms with E-state index in [9.17, 15) is 4.79 Å². The summed E-state index contributed by atoms with van der Waals surface area (Å²) in [5.74, 6) is 0.836. The normalized spacial score (nSPS) is 17.9. The molecular formula is C13H16INO3. The number of hydrogen-bond donors (Lipinski definition) is 1. The number of alkyl carbamates (subject to hydrolysis) is 1. The SMILES string of the molecule is CC(C)(C)OC(=O)N[C@H]1COc2cccc(I)c21. The number of halogens is 1. The molecule has 1 amide bonds. The molecule has 4 nitrogen and oxygen atoms in total. The van der Waals surface area contributed by atoms with Gasteiger partial charge in [0.2, 0.25) is 0 Å². The molecule has 18 heavy (non-hydrogen) atoms. The van der Waals surface area contributed by atoms with Crippen LogP contribution >= 0.6 is 22.6 Å². The Morgan fingerprint density at radius 1 is 1.50 bits per heavy atom. The Bertz CT molecular complexity index is 468. The van der Waals surface area contributed by atoms with E-state index in [0.717, 1.165) is 14.9 Å². The van der Waals surface area contributed by atoms with E-state index in [1.54, 1.807) is 0 Å².